The van der Waals surface area contributed by atoms with E-state index in [1.165, 1.54) is 22.5 Å². The zero-order chi connectivity index (χ0) is 14.0. The maximum atomic E-state index is 12.4. The highest BCUT2D eigenvalue weighted by Crippen LogP contribution is 2.26. The van der Waals surface area contributed by atoms with E-state index in [4.69, 9.17) is 27.3 Å². The molecule has 1 aromatic carbocycles. The molecular weight excluding hydrogens is 290 g/mol. The molecule has 0 aliphatic carbocycles. The van der Waals surface area contributed by atoms with Crippen LogP contribution in [0.5, 0.6) is 0 Å². The van der Waals surface area contributed by atoms with E-state index < -0.39 is 16.1 Å². The molecule has 2 N–H and O–H groups in total. The van der Waals surface area contributed by atoms with Crippen LogP contribution in [0.3, 0.4) is 0 Å². The molecular formula is C11H12ClN3O3S. The molecule has 0 saturated carbocycles. The predicted molar refractivity (Wildman–Crippen MR) is 70.0 cm³/mol. The molecule has 0 amide bonds. The van der Waals surface area contributed by atoms with Gasteiger partial charge in [-0.05, 0) is 18.2 Å². The number of nitrogens with zero attached hydrogens (tertiary/aromatic N) is 2. The molecule has 1 heterocycles. The molecule has 1 unspecified atom stereocenters. The number of hydrogen-bond donors (Lipinski definition) is 1. The predicted octanol–water partition coefficient (Wildman–Crippen LogP) is 0.835. The van der Waals surface area contributed by atoms with Crippen LogP contribution in [0.2, 0.25) is 5.02 Å². The summed E-state index contributed by atoms with van der Waals surface area (Å²) in [6.07, 6.45) is -0.753. The minimum Gasteiger partial charge on any atom is -0.398 e. The Morgan fingerprint density at radius 1 is 1.53 bits per heavy atom. The third kappa shape index (κ3) is 2.82. The van der Waals surface area contributed by atoms with Gasteiger partial charge in [0.05, 0.1) is 24.9 Å². The lowest BCUT2D eigenvalue weighted by Gasteiger charge is -2.29. The topological polar surface area (TPSA) is 96.4 Å². The van der Waals surface area contributed by atoms with Crippen LogP contribution in [0.25, 0.3) is 0 Å². The van der Waals surface area contributed by atoms with E-state index in [-0.39, 0.29) is 30.3 Å². The molecule has 102 valence electrons. The lowest BCUT2D eigenvalue weighted by Crippen LogP contribution is -2.45. The van der Waals surface area contributed by atoms with Crippen molar-refractivity contribution < 1.29 is 13.2 Å². The van der Waals surface area contributed by atoms with E-state index in [0.29, 0.717) is 5.02 Å². The summed E-state index contributed by atoms with van der Waals surface area (Å²) in [5.74, 6) is 0. The van der Waals surface area contributed by atoms with Gasteiger partial charge in [-0.2, -0.15) is 9.57 Å². The number of nitrogens with two attached hydrogens (primary N) is 1. The average Bonchev–Trinajstić information content (AvgIpc) is 2.38. The Labute approximate surface area is 116 Å². The summed E-state index contributed by atoms with van der Waals surface area (Å²) in [6, 6.07) is 6.12. The van der Waals surface area contributed by atoms with Gasteiger partial charge in [0.25, 0.3) is 0 Å². The maximum Gasteiger partial charge on any atom is 0.245 e. The molecule has 0 aromatic heterocycles. The lowest BCUT2D eigenvalue weighted by atomic mass is 10.3. The van der Waals surface area contributed by atoms with Crippen molar-refractivity contribution in [1.29, 1.82) is 5.26 Å². The zero-order valence-corrected chi connectivity index (χ0v) is 11.5. The first-order chi connectivity index (χ1) is 8.95. The molecule has 19 heavy (non-hydrogen) atoms. The molecule has 8 heteroatoms. The number of nitrogen functional groups attached to an aromatic ring is 1. The van der Waals surface area contributed by atoms with Crippen LogP contribution in [0.15, 0.2) is 23.1 Å². The van der Waals surface area contributed by atoms with Gasteiger partial charge >= 0.3 is 0 Å². The highest BCUT2D eigenvalue weighted by Gasteiger charge is 2.31. The van der Waals surface area contributed by atoms with Gasteiger partial charge < -0.3 is 10.5 Å². The van der Waals surface area contributed by atoms with Gasteiger partial charge in [0.15, 0.2) is 6.10 Å². The SMILES string of the molecule is N#CC1CN(S(=O)(=O)c2ccc(Cl)cc2N)CCO1. The number of halogens is 1. The summed E-state index contributed by atoms with van der Waals surface area (Å²) in [7, 11) is -3.73. The van der Waals surface area contributed by atoms with Gasteiger partial charge in [-0.15, -0.1) is 0 Å². The van der Waals surface area contributed by atoms with Gasteiger partial charge in [0, 0.05) is 11.6 Å². The smallest absolute Gasteiger partial charge is 0.245 e. The van der Waals surface area contributed by atoms with Crippen molar-refractivity contribution in [3.05, 3.63) is 23.2 Å². The Morgan fingerprint density at radius 2 is 2.26 bits per heavy atom. The van der Waals surface area contributed by atoms with Gasteiger partial charge in [0.1, 0.15) is 4.90 Å². The second-order valence-corrected chi connectivity index (χ2v) is 6.38. The van der Waals surface area contributed by atoms with E-state index >= 15 is 0 Å². The molecule has 1 aliphatic rings. The Kier molecular flexibility index (Phi) is 3.96. The van der Waals surface area contributed by atoms with Gasteiger partial charge in [-0.3, -0.25) is 0 Å². The standard InChI is InChI=1S/C11H12ClN3O3S/c12-8-1-2-11(10(14)5-8)19(16,17)15-3-4-18-9(6-13)7-15/h1-2,5,9H,3-4,7,14H2. The number of ether oxygens (including phenoxy) is 1. The second kappa shape index (κ2) is 5.35. The summed E-state index contributed by atoms with van der Waals surface area (Å²) in [5.41, 5.74) is 5.79. The summed E-state index contributed by atoms with van der Waals surface area (Å²) >= 11 is 5.75. The fourth-order valence-electron chi connectivity index (χ4n) is 1.82. The van der Waals surface area contributed by atoms with Crippen LogP contribution in [0.1, 0.15) is 0 Å². The van der Waals surface area contributed by atoms with E-state index in [0.717, 1.165) is 0 Å². The minimum absolute atomic E-state index is 0.000893. The minimum atomic E-state index is -3.73. The third-order valence-electron chi connectivity index (χ3n) is 2.76. The van der Waals surface area contributed by atoms with Crippen LogP contribution in [-0.2, 0) is 14.8 Å². The van der Waals surface area contributed by atoms with Crippen LogP contribution in [0.4, 0.5) is 5.69 Å². The first-order valence-electron chi connectivity index (χ1n) is 5.51. The van der Waals surface area contributed by atoms with Crippen LogP contribution < -0.4 is 5.73 Å². The van der Waals surface area contributed by atoms with Crippen molar-refractivity contribution >= 4 is 27.3 Å². The molecule has 1 atom stereocenters. The Hall–Kier alpha value is -1.33. The third-order valence-corrected chi connectivity index (χ3v) is 4.94. The number of anilines is 1. The molecule has 1 aliphatic heterocycles. The van der Waals surface area contributed by atoms with Crippen molar-refractivity contribution in [1.82, 2.24) is 4.31 Å². The van der Waals surface area contributed by atoms with Crippen molar-refractivity contribution in [3.8, 4) is 6.07 Å². The monoisotopic (exact) mass is 301 g/mol. The summed E-state index contributed by atoms with van der Waals surface area (Å²) in [4.78, 5) is -0.00418. The Bertz CT molecular complexity index is 627. The number of rotatable bonds is 2. The van der Waals surface area contributed by atoms with Crippen LogP contribution in [0, 0.1) is 11.3 Å². The molecule has 1 fully saturated rings. The van der Waals surface area contributed by atoms with Crippen LogP contribution in [-0.4, -0.2) is 38.5 Å². The number of morpholine rings is 1. The normalized spacial score (nSPS) is 20.9. The fourth-order valence-corrected chi connectivity index (χ4v) is 3.52. The van der Waals surface area contributed by atoms with Gasteiger partial charge in [-0.25, -0.2) is 8.42 Å². The largest absolute Gasteiger partial charge is 0.398 e. The molecule has 0 spiro atoms. The summed E-state index contributed by atoms with van der Waals surface area (Å²) < 4.78 is 31.2. The van der Waals surface area contributed by atoms with Crippen molar-refractivity contribution in [2.75, 3.05) is 25.4 Å². The Balaban J connectivity index is 2.34. The highest BCUT2D eigenvalue weighted by molar-refractivity contribution is 7.89. The van der Waals surface area contributed by atoms with Gasteiger partial charge in [0.2, 0.25) is 10.0 Å². The van der Waals surface area contributed by atoms with Crippen molar-refractivity contribution in [3.63, 3.8) is 0 Å². The molecule has 1 aromatic rings. The first-order valence-corrected chi connectivity index (χ1v) is 7.33. The van der Waals surface area contributed by atoms with Crippen molar-refractivity contribution in [2.24, 2.45) is 0 Å². The van der Waals surface area contributed by atoms with Crippen molar-refractivity contribution in [2.45, 2.75) is 11.0 Å². The number of benzene rings is 1. The van der Waals surface area contributed by atoms with E-state index in [1.807, 2.05) is 6.07 Å². The average molecular weight is 302 g/mol. The molecule has 6 nitrogen and oxygen atoms in total. The lowest BCUT2D eigenvalue weighted by molar-refractivity contribution is 0.0311. The van der Waals surface area contributed by atoms with Gasteiger partial charge in [-0.1, -0.05) is 11.6 Å². The molecule has 0 bridgehead atoms. The number of nitriles is 1. The second-order valence-electron chi connectivity index (χ2n) is 4.03. The highest BCUT2D eigenvalue weighted by atomic mass is 35.5. The summed E-state index contributed by atoms with van der Waals surface area (Å²) in [6.45, 7) is 0.383. The van der Waals surface area contributed by atoms with E-state index in [2.05, 4.69) is 0 Å². The maximum absolute atomic E-state index is 12.4. The molecule has 1 saturated heterocycles. The van der Waals surface area contributed by atoms with E-state index in [1.54, 1.807) is 0 Å². The van der Waals surface area contributed by atoms with Crippen LogP contribution >= 0.6 is 11.6 Å². The fraction of sp³-hybridized carbons (Fsp3) is 0.364. The number of hydrogen-bond acceptors (Lipinski definition) is 5. The first kappa shape index (κ1) is 14.1. The zero-order valence-electron chi connectivity index (χ0n) is 9.91. The summed E-state index contributed by atoms with van der Waals surface area (Å²) in [5, 5.41) is 9.17. The Morgan fingerprint density at radius 3 is 2.89 bits per heavy atom. The number of sulfonamides is 1. The van der Waals surface area contributed by atoms with E-state index in [9.17, 15) is 8.42 Å². The molecule has 2 rings (SSSR count). The quantitative estimate of drug-likeness (QED) is 0.816. The molecule has 0 radical (unpaired) electrons.